The maximum Gasteiger partial charge on any atom is 0.229 e. The minimum atomic E-state index is -1.57. The summed E-state index contributed by atoms with van der Waals surface area (Å²) in [5, 5.41) is 16.4. The van der Waals surface area contributed by atoms with E-state index in [0.29, 0.717) is 32.4 Å². The highest BCUT2D eigenvalue weighted by Gasteiger charge is 2.31. The van der Waals surface area contributed by atoms with Gasteiger partial charge in [0.1, 0.15) is 5.60 Å². The van der Waals surface area contributed by atoms with Crippen molar-refractivity contribution in [3.8, 4) is 22.4 Å². The van der Waals surface area contributed by atoms with Gasteiger partial charge in [0.05, 0.1) is 10.7 Å². The van der Waals surface area contributed by atoms with Gasteiger partial charge in [-0.25, -0.2) is 4.98 Å². The first kappa shape index (κ1) is 24.5. The van der Waals surface area contributed by atoms with Gasteiger partial charge in [-0.3, -0.25) is 4.79 Å². The fourth-order valence-corrected chi connectivity index (χ4v) is 4.88. The van der Waals surface area contributed by atoms with Crippen LogP contribution in [0.5, 0.6) is 0 Å². The Hall–Kier alpha value is -3.19. The summed E-state index contributed by atoms with van der Waals surface area (Å²) in [4.78, 5) is 17.7. The molecule has 3 heterocycles. The predicted octanol–water partition coefficient (Wildman–Crippen LogP) is 6.79. The van der Waals surface area contributed by atoms with Gasteiger partial charge >= 0.3 is 0 Å². The van der Waals surface area contributed by atoms with Crippen molar-refractivity contribution in [3.05, 3.63) is 75.5 Å². The van der Waals surface area contributed by atoms with E-state index in [2.05, 4.69) is 10.5 Å². The van der Waals surface area contributed by atoms with E-state index >= 15 is 0 Å². The first-order valence-corrected chi connectivity index (χ1v) is 12.3. The zero-order chi connectivity index (χ0) is 25.8. The highest BCUT2D eigenvalue weighted by molar-refractivity contribution is 6.33. The van der Waals surface area contributed by atoms with Crippen LogP contribution in [-0.4, -0.2) is 33.7 Å². The zero-order valence-electron chi connectivity index (χ0n) is 20.3. The van der Waals surface area contributed by atoms with E-state index in [1.165, 1.54) is 13.8 Å². The minimum Gasteiger partial charge on any atom is -0.434 e. The number of carbonyl (C=O) groups is 1. The summed E-state index contributed by atoms with van der Waals surface area (Å²) in [7, 11) is 0. The van der Waals surface area contributed by atoms with E-state index in [0.717, 1.165) is 34.5 Å². The Balaban J connectivity index is 1.71. The Morgan fingerprint density at radius 2 is 1.81 bits per heavy atom. The number of ketones is 1. The van der Waals surface area contributed by atoms with Gasteiger partial charge in [-0.05, 0) is 63.1 Å². The molecule has 0 aliphatic carbocycles. The number of hydrogen-bond acceptors (Lipinski definition) is 6. The van der Waals surface area contributed by atoms with Crippen molar-refractivity contribution in [1.29, 1.82) is 0 Å². The lowest BCUT2D eigenvalue weighted by Crippen LogP contribution is -2.31. The van der Waals surface area contributed by atoms with Gasteiger partial charge < -0.3 is 14.9 Å². The number of aromatic nitrogens is 1. The summed E-state index contributed by atoms with van der Waals surface area (Å²) >= 11 is 13.0. The lowest BCUT2D eigenvalue weighted by Gasteiger charge is -2.14. The molecule has 1 aliphatic heterocycles. The number of rotatable bonds is 5. The normalized spacial score (nSPS) is 15.8. The van der Waals surface area contributed by atoms with Crippen molar-refractivity contribution in [2.24, 2.45) is 5.10 Å². The van der Waals surface area contributed by atoms with E-state index in [-0.39, 0.29) is 11.7 Å². The maximum absolute atomic E-state index is 12.8. The average Bonchev–Trinajstić information content (AvgIpc) is 3.40. The van der Waals surface area contributed by atoms with Crippen LogP contribution in [0.4, 0.5) is 0 Å². The summed E-state index contributed by atoms with van der Waals surface area (Å²) in [5.74, 6) is -0.253. The molecule has 1 aliphatic rings. The molecule has 1 atom stereocenters. The molecule has 0 saturated carbocycles. The summed E-state index contributed by atoms with van der Waals surface area (Å²) in [6.45, 7) is 7.39. The number of benzene rings is 2. The number of carbonyl (C=O) groups excluding carboxylic acids is 1. The Bertz CT molecular complexity index is 1530. The number of pyridine rings is 1. The molecule has 8 heteroatoms. The van der Waals surface area contributed by atoms with Gasteiger partial charge in [-0.1, -0.05) is 47.5 Å². The van der Waals surface area contributed by atoms with Crippen LogP contribution in [-0.2, 0) is 0 Å². The molecular weight excluding hydrogens is 497 g/mol. The Labute approximate surface area is 218 Å². The monoisotopic (exact) mass is 521 g/mol. The Morgan fingerprint density at radius 1 is 1.08 bits per heavy atom. The molecule has 2 aromatic heterocycles. The standard InChI is InChI=1S/C28H25Cl2N3O3/c1-14-20-12-21(16-5-8-18(29)9-6-16)24(32-27(20)36-25(14)26(34)28(3,4)35)19-10-7-17(11-23(19)30)22-13-31-33-15(22)2/h5-12,22,31,35H,13H2,1-4H3. The maximum atomic E-state index is 12.8. The summed E-state index contributed by atoms with van der Waals surface area (Å²) in [5.41, 5.74) is 7.52. The summed E-state index contributed by atoms with van der Waals surface area (Å²) in [6.07, 6.45) is 0. The summed E-state index contributed by atoms with van der Waals surface area (Å²) in [6, 6.07) is 15.3. The van der Waals surface area contributed by atoms with Crippen LogP contribution in [0.15, 0.2) is 58.0 Å². The molecular formula is C28H25Cl2N3O3. The largest absolute Gasteiger partial charge is 0.434 e. The van der Waals surface area contributed by atoms with Gasteiger partial charge in [0, 0.05) is 45.3 Å². The zero-order valence-corrected chi connectivity index (χ0v) is 21.8. The van der Waals surface area contributed by atoms with Crippen LogP contribution in [0.1, 0.15) is 48.4 Å². The Kier molecular flexibility index (Phi) is 6.15. The molecule has 6 nitrogen and oxygen atoms in total. The third-order valence-electron chi connectivity index (χ3n) is 6.55. The molecule has 4 aromatic rings. The van der Waals surface area contributed by atoms with Gasteiger partial charge in [-0.2, -0.15) is 5.10 Å². The first-order valence-electron chi connectivity index (χ1n) is 11.6. The number of hydrogen-bond donors (Lipinski definition) is 2. The first-order chi connectivity index (χ1) is 17.0. The van der Waals surface area contributed by atoms with E-state index < -0.39 is 11.4 Å². The second-order valence-electron chi connectivity index (χ2n) is 9.60. The van der Waals surface area contributed by atoms with Crippen molar-refractivity contribution in [1.82, 2.24) is 10.4 Å². The number of halogens is 2. The molecule has 184 valence electrons. The van der Waals surface area contributed by atoms with Gasteiger partial charge in [-0.15, -0.1) is 0 Å². The second-order valence-corrected chi connectivity index (χ2v) is 10.4. The number of aryl methyl sites for hydroxylation is 1. The molecule has 1 unspecified atom stereocenters. The fraction of sp³-hybridized carbons (Fsp3) is 0.250. The highest BCUT2D eigenvalue weighted by Crippen LogP contribution is 2.40. The molecule has 2 N–H and O–H groups in total. The van der Waals surface area contributed by atoms with Crippen LogP contribution in [0.2, 0.25) is 10.0 Å². The predicted molar refractivity (Wildman–Crippen MR) is 144 cm³/mol. The second kappa shape index (κ2) is 9.04. The smallest absolute Gasteiger partial charge is 0.229 e. The SMILES string of the molecule is CC1=NNCC1c1ccc(-c2nc3oc(C(=O)C(C)(C)O)c(C)c3cc2-c2ccc(Cl)cc2)c(Cl)c1. The molecule has 0 bridgehead atoms. The number of nitrogens with zero attached hydrogens (tertiary/aromatic N) is 2. The van der Waals surface area contributed by atoms with Crippen molar-refractivity contribution < 1.29 is 14.3 Å². The Morgan fingerprint density at radius 3 is 2.42 bits per heavy atom. The van der Waals surface area contributed by atoms with Gasteiger partial charge in [0.25, 0.3) is 0 Å². The molecule has 2 aromatic carbocycles. The highest BCUT2D eigenvalue weighted by atomic mass is 35.5. The van der Waals surface area contributed by atoms with Gasteiger partial charge in [0.15, 0.2) is 5.76 Å². The number of Topliss-reactive ketones (excluding diaryl/α,β-unsaturated/α-hetero) is 1. The number of hydrazone groups is 1. The van der Waals surface area contributed by atoms with E-state index in [9.17, 15) is 9.90 Å². The summed E-state index contributed by atoms with van der Waals surface area (Å²) < 4.78 is 5.91. The van der Waals surface area contributed by atoms with E-state index in [1.807, 2.05) is 55.5 Å². The van der Waals surface area contributed by atoms with Crippen molar-refractivity contribution >= 4 is 45.8 Å². The molecule has 36 heavy (non-hydrogen) atoms. The van der Waals surface area contributed by atoms with Crippen molar-refractivity contribution in [2.75, 3.05) is 6.54 Å². The molecule has 0 fully saturated rings. The van der Waals surface area contributed by atoms with Crippen LogP contribution < -0.4 is 5.43 Å². The van der Waals surface area contributed by atoms with Crippen molar-refractivity contribution in [2.45, 2.75) is 39.2 Å². The minimum absolute atomic E-state index is 0.0918. The third kappa shape index (κ3) is 4.30. The lowest BCUT2D eigenvalue weighted by molar-refractivity contribution is 0.0460. The van der Waals surface area contributed by atoms with Crippen molar-refractivity contribution in [3.63, 3.8) is 0 Å². The number of furan rings is 1. The van der Waals surface area contributed by atoms with Crippen LogP contribution in [0, 0.1) is 6.92 Å². The third-order valence-corrected chi connectivity index (χ3v) is 7.12. The average molecular weight is 522 g/mol. The molecule has 0 radical (unpaired) electrons. The topological polar surface area (TPSA) is 87.7 Å². The number of fused-ring (bicyclic) bond motifs is 1. The molecule has 0 amide bonds. The fourth-order valence-electron chi connectivity index (χ4n) is 4.47. The number of nitrogens with one attached hydrogen (secondary N) is 1. The molecule has 5 rings (SSSR count). The number of aliphatic hydroxyl groups is 1. The van der Waals surface area contributed by atoms with E-state index in [4.69, 9.17) is 32.6 Å². The van der Waals surface area contributed by atoms with Crippen LogP contribution >= 0.6 is 23.2 Å². The molecule has 0 spiro atoms. The molecule has 0 saturated heterocycles. The van der Waals surface area contributed by atoms with E-state index in [1.54, 1.807) is 6.92 Å². The van der Waals surface area contributed by atoms with Crippen LogP contribution in [0.3, 0.4) is 0 Å². The lowest BCUT2D eigenvalue weighted by atomic mass is 9.92. The van der Waals surface area contributed by atoms with Gasteiger partial charge in [0.2, 0.25) is 11.5 Å². The van der Waals surface area contributed by atoms with Crippen LogP contribution in [0.25, 0.3) is 33.5 Å². The quantitative estimate of drug-likeness (QED) is 0.282.